The van der Waals surface area contributed by atoms with Crippen LogP contribution in [0, 0.1) is 0 Å². The number of anilines is 1. The molecule has 206 valence electrons. The second-order valence-corrected chi connectivity index (χ2v) is 10.9. The molecule has 0 spiro atoms. The van der Waals surface area contributed by atoms with Gasteiger partial charge in [-0.2, -0.15) is 26.6 Å². The number of alkyl halides is 3. The number of benzene rings is 1. The van der Waals surface area contributed by atoms with Crippen molar-refractivity contribution in [2.24, 2.45) is 0 Å². The van der Waals surface area contributed by atoms with Crippen LogP contribution in [0.4, 0.5) is 18.9 Å². The Hall–Kier alpha value is -3.65. The van der Waals surface area contributed by atoms with Gasteiger partial charge in [0.1, 0.15) is 11.5 Å². The molecule has 2 aromatic rings. The van der Waals surface area contributed by atoms with Gasteiger partial charge in [-0.15, -0.1) is 0 Å². The Bertz CT molecular complexity index is 1680. The van der Waals surface area contributed by atoms with Gasteiger partial charge in [0.2, 0.25) is 0 Å². The topological polar surface area (TPSA) is 123 Å². The lowest BCUT2D eigenvalue weighted by Gasteiger charge is -2.19. The molecule has 1 aromatic carbocycles. The Kier molecular flexibility index (Phi) is 7.89. The Balaban J connectivity index is 2.01. The molecule has 0 unspecified atom stereocenters. The van der Waals surface area contributed by atoms with E-state index in [4.69, 9.17) is 4.42 Å². The van der Waals surface area contributed by atoms with Crippen LogP contribution in [0.15, 0.2) is 62.6 Å². The number of sulfonamides is 1. The van der Waals surface area contributed by atoms with Crippen LogP contribution in [-0.2, 0) is 23.0 Å². The number of aryl methyl sites for hydroxylation is 1. The standard InChI is InChI=1S/C25H22BrF3N4O5S/c1-3-6-20-31-21(34)11-19(24(35)30-2)33(20)12-16-14-9-10-38-13-17(14)23(26)22(16)15-7-4-5-8-18(15)32-39(36,37)25(27,28)29/h4-5,7-11,13,32H,3,6,12H2,1-2H3,(H,30,35). The first-order valence-electron chi connectivity index (χ1n) is 11.6. The summed E-state index contributed by atoms with van der Waals surface area (Å²) in [6, 6.07) is 8.41. The fraction of sp³-hybridized carbons (Fsp3) is 0.240. The van der Waals surface area contributed by atoms with E-state index in [1.54, 1.807) is 21.4 Å². The quantitative estimate of drug-likeness (QED) is 0.284. The van der Waals surface area contributed by atoms with Gasteiger partial charge >= 0.3 is 15.5 Å². The summed E-state index contributed by atoms with van der Waals surface area (Å²) >= 11 is 3.51. The summed E-state index contributed by atoms with van der Waals surface area (Å²) in [5.74, 6) is -0.191. The van der Waals surface area contributed by atoms with E-state index in [0.717, 1.165) is 6.07 Å². The average molecular weight is 627 g/mol. The molecule has 1 aromatic heterocycles. The maximum Gasteiger partial charge on any atom is 0.516 e. The number of halogens is 4. The molecular weight excluding hydrogens is 605 g/mol. The zero-order chi connectivity index (χ0) is 28.5. The molecule has 0 bridgehead atoms. The maximum atomic E-state index is 13.2. The van der Waals surface area contributed by atoms with Crippen LogP contribution >= 0.6 is 15.9 Å². The van der Waals surface area contributed by atoms with Crippen molar-refractivity contribution in [2.75, 3.05) is 11.8 Å². The summed E-state index contributed by atoms with van der Waals surface area (Å²) in [6.45, 7) is 1.86. The Labute approximate surface area is 229 Å². The normalized spacial score (nSPS) is 12.1. The number of nitrogens with one attached hydrogen (secondary N) is 2. The minimum atomic E-state index is -5.72. The van der Waals surface area contributed by atoms with Gasteiger partial charge in [0.15, 0.2) is 0 Å². The van der Waals surface area contributed by atoms with Crippen LogP contribution in [0.5, 0.6) is 0 Å². The van der Waals surface area contributed by atoms with Crippen molar-refractivity contribution in [1.82, 2.24) is 14.9 Å². The maximum absolute atomic E-state index is 13.2. The minimum absolute atomic E-state index is 0.0207. The van der Waals surface area contributed by atoms with E-state index in [1.165, 1.54) is 37.8 Å². The highest BCUT2D eigenvalue weighted by Gasteiger charge is 2.46. The van der Waals surface area contributed by atoms with Crippen molar-refractivity contribution >= 4 is 37.5 Å². The molecule has 39 heavy (non-hydrogen) atoms. The fourth-order valence-corrected chi connectivity index (χ4v) is 5.60. The highest BCUT2D eigenvalue weighted by Crippen LogP contribution is 2.48. The molecule has 0 fully saturated rings. The van der Waals surface area contributed by atoms with Gasteiger partial charge in [-0.3, -0.25) is 14.3 Å². The number of carbonyl (C=O) groups is 1. The summed E-state index contributed by atoms with van der Waals surface area (Å²) in [5.41, 5.74) is -4.15. The highest BCUT2D eigenvalue weighted by molar-refractivity contribution is 9.10. The first kappa shape index (κ1) is 28.4. The van der Waals surface area contributed by atoms with Crippen LogP contribution in [-0.4, -0.2) is 36.4 Å². The van der Waals surface area contributed by atoms with E-state index < -0.39 is 27.0 Å². The zero-order valence-electron chi connectivity index (χ0n) is 20.6. The summed E-state index contributed by atoms with van der Waals surface area (Å²) in [6.07, 6.45) is 3.83. The van der Waals surface area contributed by atoms with Crippen molar-refractivity contribution < 1.29 is 30.8 Å². The van der Waals surface area contributed by atoms with Gasteiger partial charge in [0, 0.05) is 40.7 Å². The van der Waals surface area contributed by atoms with Crippen molar-refractivity contribution in [3.63, 3.8) is 0 Å². The first-order chi connectivity index (χ1) is 18.4. The van der Waals surface area contributed by atoms with Crippen LogP contribution < -0.4 is 15.6 Å². The monoisotopic (exact) mass is 626 g/mol. The van der Waals surface area contributed by atoms with E-state index in [9.17, 15) is 31.2 Å². The number of para-hydroxylation sites is 1. The lowest BCUT2D eigenvalue weighted by molar-refractivity contribution is -0.0429. The molecule has 0 saturated heterocycles. The molecule has 0 radical (unpaired) electrons. The second kappa shape index (κ2) is 10.8. The lowest BCUT2D eigenvalue weighted by atomic mass is 10.0. The third-order valence-corrected chi connectivity index (χ3v) is 7.89. The number of nitrogens with zero attached hydrogens (tertiary/aromatic N) is 2. The Morgan fingerprint density at radius 1 is 1.15 bits per heavy atom. The van der Waals surface area contributed by atoms with Crippen LogP contribution in [0.3, 0.4) is 0 Å². The number of aromatic nitrogens is 2. The minimum Gasteiger partial charge on any atom is -0.472 e. The van der Waals surface area contributed by atoms with Gasteiger partial charge in [-0.05, 0) is 45.6 Å². The predicted molar refractivity (Wildman–Crippen MR) is 142 cm³/mol. The second-order valence-electron chi connectivity index (χ2n) is 8.46. The molecule has 4 rings (SSSR count). The number of amides is 1. The van der Waals surface area contributed by atoms with Crippen molar-refractivity contribution in [2.45, 2.75) is 31.8 Å². The van der Waals surface area contributed by atoms with Crippen LogP contribution in [0.1, 0.15) is 35.2 Å². The van der Waals surface area contributed by atoms with Gasteiger partial charge in [0.25, 0.3) is 11.5 Å². The Morgan fingerprint density at radius 3 is 2.54 bits per heavy atom. The molecule has 2 N–H and O–H groups in total. The zero-order valence-corrected chi connectivity index (χ0v) is 23.0. The van der Waals surface area contributed by atoms with E-state index in [1.807, 2.05) is 6.92 Å². The summed E-state index contributed by atoms with van der Waals surface area (Å²) in [7, 11) is -4.30. The summed E-state index contributed by atoms with van der Waals surface area (Å²) in [5, 5.41) is 2.51. The third kappa shape index (κ3) is 5.43. The molecule has 0 atom stereocenters. The van der Waals surface area contributed by atoms with Crippen LogP contribution in [0.2, 0.25) is 0 Å². The van der Waals surface area contributed by atoms with Gasteiger partial charge in [-0.25, -0.2) is 0 Å². The number of rotatable bonds is 8. The number of fused-ring (bicyclic) bond motifs is 1. The molecule has 14 heteroatoms. The molecule has 1 aliphatic heterocycles. The molecule has 2 heterocycles. The summed E-state index contributed by atoms with van der Waals surface area (Å²) in [4.78, 5) is 29.1. The summed E-state index contributed by atoms with van der Waals surface area (Å²) < 4.78 is 72.6. The fourth-order valence-electron chi connectivity index (χ4n) is 4.26. The third-order valence-electron chi connectivity index (χ3n) is 5.97. The van der Waals surface area contributed by atoms with E-state index in [2.05, 4.69) is 26.2 Å². The lowest BCUT2D eigenvalue weighted by Crippen LogP contribution is -2.30. The van der Waals surface area contributed by atoms with E-state index in [0.29, 0.717) is 45.4 Å². The highest BCUT2D eigenvalue weighted by atomic mass is 79.9. The smallest absolute Gasteiger partial charge is 0.472 e. The molecule has 2 aliphatic rings. The molecule has 1 aliphatic carbocycles. The van der Waals surface area contributed by atoms with Gasteiger partial charge < -0.3 is 14.3 Å². The van der Waals surface area contributed by atoms with Gasteiger partial charge in [0.05, 0.1) is 24.8 Å². The van der Waals surface area contributed by atoms with Gasteiger partial charge in [-0.1, -0.05) is 25.1 Å². The average Bonchev–Trinajstić information content (AvgIpc) is 3.15. The van der Waals surface area contributed by atoms with E-state index >= 15 is 0 Å². The predicted octanol–water partition coefficient (Wildman–Crippen LogP) is 4.99. The van der Waals surface area contributed by atoms with Crippen molar-refractivity contribution in [3.8, 4) is 22.3 Å². The number of carbonyl (C=O) groups excluding carboxylic acids is 1. The molecule has 0 saturated carbocycles. The Morgan fingerprint density at radius 2 is 1.87 bits per heavy atom. The molecule has 1 amide bonds. The van der Waals surface area contributed by atoms with Crippen molar-refractivity contribution in [3.05, 3.63) is 80.8 Å². The molecular formula is C25H22BrF3N4O5S. The van der Waals surface area contributed by atoms with E-state index in [-0.39, 0.29) is 23.5 Å². The van der Waals surface area contributed by atoms with Crippen molar-refractivity contribution in [1.29, 1.82) is 0 Å². The number of hydrogen-bond acceptors (Lipinski definition) is 6. The van der Waals surface area contributed by atoms with Crippen LogP contribution in [0.25, 0.3) is 22.3 Å². The number of hydrogen-bond donors (Lipinski definition) is 2. The molecule has 9 nitrogen and oxygen atoms in total. The SMILES string of the molecule is CCCc1nc(=O)cc(C(=O)NC)n1Cc1c2ccocc-2c(Br)c1-c1ccccc1NS(=O)(=O)C(F)(F)F. The largest absolute Gasteiger partial charge is 0.516 e. The first-order valence-corrected chi connectivity index (χ1v) is 13.8.